The summed E-state index contributed by atoms with van der Waals surface area (Å²) in [6.07, 6.45) is 0. The van der Waals surface area contributed by atoms with Gasteiger partial charge in [0.25, 0.3) is 0 Å². The molecule has 0 aliphatic carbocycles. The van der Waals surface area contributed by atoms with E-state index in [4.69, 9.17) is 4.74 Å². The van der Waals surface area contributed by atoms with E-state index in [1.807, 2.05) is 32.0 Å². The van der Waals surface area contributed by atoms with Gasteiger partial charge in [-0.2, -0.15) is 4.68 Å². The third kappa shape index (κ3) is 4.52. The predicted octanol–water partition coefficient (Wildman–Crippen LogP) is 1.52. The minimum Gasteiger partial charge on any atom is -0.383 e. The van der Waals surface area contributed by atoms with Crippen LogP contribution in [0, 0.1) is 13.8 Å². The number of nitrogens with zero attached hydrogens (tertiary/aromatic N) is 4. The van der Waals surface area contributed by atoms with E-state index >= 15 is 0 Å². The van der Waals surface area contributed by atoms with Crippen LogP contribution in [-0.4, -0.2) is 51.6 Å². The van der Waals surface area contributed by atoms with Crippen LogP contribution in [0.15, 0.2) is 23.4 Å². The Hall–Kier alpha value is -1.93. The molecule has 0 saturated carbocycles. The first-order chi connectivity index (χ1) is 11.0. The van der Waals surface area contributed by atoms with Gasteiger partial charge in [-0.05, 0) is 54.5 Å². The van der Waals surface area contributed by atoms with E-state index in [0.717, 1.165) is 5.69 Å². The van der Waals surface area contributed by atoms with Gasteiger partial charge < -0.3 is 10.1 Å². The molecule has 0 bridgehead atoms. The molecule has 23 heavy (non-hydrogen) atoms. The summed E-state index contributed by atoms with van der Waals surface area (Å²) < 4.78 is 6.57. The SMILES string of the molecule is COCCNC(=O)[C@H](C)Sc1nnnn1-c1ccc(C)c(C)c1. The van der Waals surface area contributed by atoms with Crippen molar-refractivity contribution < 1.29 is 9.53 Å². The fourth-order valence-electron chi connectivity index (χ4n) is 1.90. The lowest BCUT2D eigenvalue weighted by molar-refractivity contribution is -0.120. The second kappa shape index (κ2) is 8.07. The van der Waals surface area contributed by atoms with Crippen molar-refractivity contribution >= 4 is 17.7 Å². The number of nitrogens with one attached hydrogen (secondary N) is 1. The number of carbonyl (C=O) groups excluding carboxylic acids is 1. The van der Waals surface area contributed by atoms with Crippen LogP contribution in [0.1, 0.15) is 18.1 Å². The molecule has 1 amide bonds. The fourth-order valence-corrected chi connectivity index (χ4v) is 2.74. The molecule has 0 saturated heterocycles. The molecule has 2 rings (SSSR count). The highest BCUT2D eigenvalue weighted by Gasteiger charge is 2.19. The molecule has 8 heteroatoms. The normalized spacial score (nSPS) is 12.2. The van der Waals surface area contributed by atoms with Crippen LogP contribution in [0.25, 0.3) is 5.69 Å². The molecule has 7 nitrogen and oxygen atoms in total. The Morgan fingerprint density at radius 2 is 2.17 bits per heavy atom. The number of thioether (sulfide) groups is 1. The second-order valence-electron chi connectivity index (χ2n) is 5.19. The Labute approximate surface area is 139 Å². The maximum Gasteiger partial charge on any atom is 0.233 e. The van der Waals surface area contributed by atoms with Gasteiger partial charge in [-0.15, -0.1) is 5.10 Å². The molecule has 1 aromatic heterocycles. The number of ether oxygens (including phenoxy) is 1. The number of benzene rings is 1. The molecule has 0 radical (unpaired) electrons. The van der Waals surface area contributed by atoms with Crippen molar-refractivity contribution in [2.24, 2.45) is 0 Å². The zero-order valence-electron chi connectivity index (χ0n) is 13.7. The van der Waals surface area contributed by atoms with Gasteiger partial charge >= 0.3 is 0 Å². The third-order valence-corrected chi connectivity index (χ3v) is 4.47. The summed E-state index contributed by atoms with van der Waals surface area (Å²) >= 11 is 1.32. The van der Waals surface area contributed by atoms with Crippen molar-refractivity contribution in [1.82, 2.24) is 25.5 Å². The van der Waals surface area contributed by atoms with Crippen molar-refractivity contribution in [2.75, 3.05) is 20.3 Å². The lowest BCUT2D eigenvalue weighted by atomic mass is 10.1. The summed E-state index contributed by atoms with van der Waals surface area (Å²) in [5, 5.41) is 14.9. The van der Waals surface area contributed by atoms with Crippen molar-refractivity contribution in [1.29, 1.82) is 0 Å². The number of aryl methyl sites for hydroxylation is 2. The number of amides is 1. The Kier molecular flexibility index (Phi) is 6.12. The van der Waals surface area contributed by atoms with Crippen LogP contribution in [0.2, 0.25) is 0 Å². The summed E-state index contributed by atoms with van der Waals surface area (Å²) in [4.78, 5) is 12.0. The first-order valence-corrected chi connectivity index (χ1v) is 8.20. The Morgan fingerprint density at radius 3 is 2.87 bits per heavy atom. The zero-order valence-corrected chi connectivity index (χ0v) is 14.6. The van der Waals surface area contributed by atoms with Crippen LogP contribution < -0.4 is 5.32 Å². The first-order valence-electron chi connectivity index (χ1n) is 7.32. The van der Waals surface area contributed by atoms with Crippen molar-refractivity contribution in [3.63, 3.8) is 0 Å². The highest BCUT2D eigenvalue weighted by molar-refractivity contribution is 8.00. The van der Waals surface area contributed by atoms with E-state index in [1.165, 1.54) is 22.9 Å². The van der Waals surface area contributed by atoms with Gasteiger partial charge in [-0.25, -0.2) is 0 Å². The van der Waals surface area contributed by atoms with E-state index in [0.29, 0.717) is 18.3 Å². The molecule has 124 valence electrons. The van der Waals surface area contributed by atoms with E-state index in [-0.39, 0.29) is 11.2 Å². The van der Waals surface area contributed by atoms with E-state index in [1.54, 1.807) is 11.8 Å². The largest absolute Gasteiger partial charge is 0.383 e. The molecule has 0 fully saturated rings. The molecule has 1 atom stereocenters. The van der Waals surface area contributed by atoms with Crippen LogP contribution in [0.3, 0.4) is 0 Å². The smallest absolute Gasteiger partial charge is 0.233 e. The molecule has 0 aliphatic heterocycles. The average molecular weight is 335 g/mol. The minimum atomic E-state index is -0.303. The Morgan fingerprint density at radius 1 is 1.39 bits per heavy atom. The van der Waals surface area contributed by atoms with Crippen LogP contribution >= 0.6 is 11.8 Å². The predicted molar refractivity (Wildman–Crippen MR) is 88.8 cm³/mol. The van der Waals surface area contributed by atoms with Gasteiger partial charge in [-0.1, -0.05) is 17.8 Å². The van der Waals surface area contributed by atoms with Gasteiger partial charge in [0.05, 0.1) is 17.5 Å². The number of tetrazole rings is 1. The maximum atomic E-state index is 12.0. The summed E-state index contributed by atoms with van der Waals surface area (Å²) in [5.74, 6) is -0.0679. The molecule has 0 spiro atoms. The monoisotopic (exact) mass is 335 g/mol. The Balaban J connectivity index is 2.08. The zero-order chi connectivity index (χ0) is 16.8. The number of rotatable bonds is 7. The molecule has 2 aromatic rings. The number of hydrogen-bond donors (Lipinski definition) is 1. The number of carbonyl (C=O) groups is 1. The summed E-state index contributed by atoms with van der Waals surface area (Å²) in [7, 11) is 1.60. The standard InChI is InChI=1S/C15H21N5O2S/c1-10-5-6-13(9-11(10)2)20-15(17-18-19-20)23-12(3)14(21)16-7-8-22-4/h5-6,9,12H,7-8H2,1-4H3,(H,16,21)/t12-/m0/s1. The summed E-state index contributed by atoms with van der Waals surface area (Å²) in [6.45, 7) is 6.90. The molecule has 1 heterocycles. The van der Waals surface area contributed by atoms with Gasteiger partial charge in [0, 0.05) is 13.7 Å². The van der Waals surface area contributed by atoms with Crippen LogP contribution in [0.4, 0.5) is 0 Å². The van der Waals surface area contributed by atoms with Crippen molar-refractivity contribution in [3.05, 3.63) is 29.3 Å². The average Bonchev–Trinajstić information content (AvgIpc) is 2.98. The lowest BCUT2D eigenvalue weighted by Gasteiger charge is -2.12. The van der Waals surface area contributed by atoms with Gasteiger partial charge in [0.15, 0.2) is 0 Å². The van der Waals surface area contributed by atoms with E-state index in [9.17, 15) is 4.79 Å². The summed E-state index contributed by atoms with van der Waals surface area (Å²) in [5.41, 5.74) is 3.26. The van der Waals surface area contributed by atoms with Crippen LogP contribution in [-0.2, 0) is 9.53 Å². The summed E-state index contributed by atoms with van der Waals surface area (Å²) in [6, 6.07) is 6.02. The van der Waals surface area contributed by atoms with Crippen molar-refractivity contribution in [2.45, 2.75) is 31.2 Å². The minimum absolute atomic E-state index is 0.0679. The molecule has 0 aliphatic rings. The lowest BCUT2D eigenvalue weighted by Crippen LogP contribution is -2.33. The quantitative estimate of drug-likeness (QED) is 0.610. The number of aromatic nitrogens is 4. The van der Waals surface area contributed by atoms with Gasteiger partial charge in [0.2, 0.25) is 11.1 Å². The highest BCUT2D eigenvalue weighted by atomic mass is 32.2. The number of hydrogen-bond acceptors (Lipinski definition) is 6. The maximum absolute atomic E-state index is 12.0. The Bertz CT molecular complexity index is 674. The van der Waals surface area contributed by atoms with Gasteiger partial charge in [-0.3, -0.25) is 4.79 Å². The fraction of sp³-hybridized carbons (Fsp3) is 0.467. The van der Waals surface area contributed by atoms with Crippen molar-refractivity contribution in [3.8, 4) is 5.69 Å². The molecule has 1 aromatic carbocycles. The van der Waals surface area contributed by atoms with E-state index < -0.39 is 0 Å². The molecular formula is C15H21N5O2S. The van der Waals surface area contributed by atoms with Crippen LogP contribution in [0.5, 0.6) is 0 Å². The molecular weight excluding hydrogens is 314 g/mol. The second-order valence-corrected chi connectivity index (χ2v) is 6.49. The highest BCUT2D eigenvalue weighted by Crippen LogP contribution is 2.23. The molecule has 1 N–H and O–H groups in total. The third-order valence-electron chi connectivity index (χ3n) is 3.43. The molecule has 0 unspecified atom stereocenters. The topological polar surface area (TPSA) is 81.9 Å². The van der Waals surface area contributed by atoms with E-state index in [2.05, 4.69) is 27.8 Å². The number of methoxy groups -OCH3 is 1. The van der Waals surface area contributed by atoms with Gasteiger partial charge in [0.1, 0.15) is 0 Å². The first kappa shape index (κ1) is 17.4.